The van der Waals surface area contributed by atoms with Crippen LogP contribution in [-0.4, -0.2) is 29.9 Å². The molecule has 0 N–H and O–H groups in total. The molecule has 6 rings (SSSR count). The first-order valence-electron chi connectivity index (χ1n) is 16.0. The molecule has 230 valence electrons. The van der Waals surface area contributed by atoms with E-state index < -0.39 is 10.8 Å². The zero-order chi connectivity index (χ0) is 32.0. The first-order chi connectivity index (χ1) is 22.4. The van der Waals surface area contributed by atoms with E-state index >= 15 is 0 Å². The summed E-state index contributed by atoms with van der Waals surface area (Å²) in [7, 11) is 0. The first-order valence-corrected chi connectivity index (χ1v) is 16.0. The molecule has 0 spiro atoms. The lowest BCUT2D eigenvalue weighted by atomic mass is 9.70. The average Bonchev–Trinajstić information content (AvgIpc) is 3.07. The fourth-order valence-corrected chi connectivity index (χ4v) is 6.69. The lowest BCUT2D eigenvalue weighted by Gasteiger charge is -2.35. The number of unbranched alkanes of at least 4 members (excludes halogenated alkanes) is 1. The van der Waals surface area contributed by atoms with E-state index in [1.807, 2.05) is 76.5 Å². The van der Waals surface area contributed by atoms with Crippen molar-refractivity contribution in [1.29, 1.82) is 0 Å². The molecule has 0 aliphatic carbocycles. The molecule has 0 unspecified atom stereocenters. The summed E-state index contributed by atoms with van der Waals surface area (Å²) in [6, 6.07) is 37.3. The number of hydrogen-bond acceptors (Lipinski definition) is 6. The lowest BCUT2D eigenvalue weighted by Crippen LogP contribution is -2.34. The fraction of sp³-hybridized carbons (Fsp3) is 0.250. The van der Waals surface area contributed by atoms with Crippen molar-refractivity contribution >= 4 is 0 Å². The zero-order valence-corrected chi connectivity index (χ0v) is 27.1. The predicted molar refractivity (Wildman–Crippen MR) is 183 cm³/mol. The quantitative estimate of drug-likeness (QED) is 0.139. The summed E-state index contributed by atoms with van der Waals surface area (Å²) in [6.45, 7) is 8.17. The Morgan fingerprint density at radius 1 is 0.370 bits per heavy atom. The van der Waals surface area contributed by atoms with Crippen LogP contribution in [0.2, 0.25) is 0 Å². The monoisotopic (exact) mass is 604 g/mol. The number of aryl methyl sites for hydroxylation is 4. The highest BCUT2D eigenvalue weighted by Crippen LogP contribution is 2.44. The Balaban J connectivity index is 1.45. The summed E-state index contributed by atoms with van der Waals surface area (Å²) in [5.41, 5.74) is 8.35. The number of pyridine rings is 6. The van der Waals surface area contributed by atoms with E-state index in [4.69, 9.17) is 29.9 Å². The fourth-order valence-electron chi connectivity index (χ4n) is 6.69. The van der Waals surface area contributed by atoms with Gasteiger partial charge >= 0.3 is 0 Å². The summed E-state index contributed by atoms with van der Waals surface area (Å²) < 4.78 is 0. The van der Waals surface area contributed by atoms with Crippen LogP contribution in [-0.2, 0) is 10.8 Å². The van der Waals surface area contributed by atoms with E-state index in [-0.39, 0.29) is 0 Å². The van der Waals surface area contributed by atoms with Gasteiger partial charge in [0, 0.05) is 35.2 Å². The molecule has 6 heteroatoms. The van der Waals surface area contributed by atoms with Crippen molar-refractivity contribution in [2.45, 2.75) is 64.2 Å². The molecular weight excluding hydrogens is 564 g/mol. The summed E-state index contributed by atoms with van der Waals surface area (Å²) in [5, 5.41) is 0. The van der Waals surface area contributed by atoms with Crippen LogP contribution in [0.1, 0.15) is 82.6 Å². The normalized spacial score (nSPS) is 11.8. The van der Waals surface area contributed by atoms with Gasteiger partial charge in [0.05, 0.1) is 45.0 Å². The highest BCUT2D eigenvalue weighted by atomic mass is 14.9. The minimum Gasteiger partial charge on any atom is -0.260 e. The van der Waals surface area contributed by atoms with Crippen LogP contribution in [0.3, 0.4) is 0 Å². The second-order valence-corrected chi connectivity index (χ2v) is 12.1. The van der Waals surface area contributed by atoms with Gasteiger partial charge in [-0.05, 0) is 113 Å². The minimum absolute atomic E-state index is 0.629. The standard InChI is InChI=1S/C40H40N6/c1-29-15-11-21-35(43-29)39(33-19-5-9-27-41-33,36-22-12-16-30(2)44-36)25-7-8-26-40(34-20-6-10-28-42-34,37-23-13-17-31(3)45-37)38-24-14-18-32(4)46-38/h5-6,9-24,27-28H,7-8,25-26H2,1-4H3. The molecule has 6 aromatic heterocycles. The molecule has 6 nitrogen and oxygen atoms in total. The maximum Gasteiger partial charge on any atom is 0.0967 e. The molecule has 0 radical (unpaired) electrons. The van der Waals surface area contributed by atoms with Crippen molar-refractivity contribution in [3.05, 3.63) is 179 Å². The number of aromatic nitrogens is 6. The summed E-state index contributed by atoms with van der Waals surface area (Å²) in [6.07, 6.45) is 7.06. The van der Waals surface area contributed by atoms with Crippen LogP contribution in [0.5, 0.6) is 0 Å². The Hall–Kier alpha value is -5.10. The summed E-state index contributed by atoms with van der Waals surface area (Å²) in [5.74, 6) is 0. The van der Waals surface area contributed by atoms with Crippen molar-refractivity contribution in [2.24, 2.45) is 0 Å². The van der Waals surface area contributed by atoms with Gasteiger partial charge in [0.1, 0.15) is 0 Å². The zero-order valence-electron chi connectivity index (χ0n) is 27.1. The van der Waals surface area contributed by atoms with Crippen molar-refractivity contribution in [2.75, 3.05) is 0 Å². The highest BCUT2D eigenvalue weighted by Gasteiger charge is 2.43. The third kappa shape index (κ3) is 6.08. The topological polar surface area (TPSA) is 77.3 Å². The maximum atomic E-state index is 5.11. The molecule has 0 saturated heterocycles. The molecule has 0 saturated carbocycles. The largest absolute Gasteiger partial charge is 0.260 e. The van der Waals surface area contributed by atoms with Gasteiger partial charge in [-0.25, -0.2) is 0 Å². The predicted octanol–water partition coefficient (Wildman–Crippen LogP) is 8.22. The molecule has 6 aromatic rings. The maximum absolute atomic E-state index is 5.11. The molecule has 0 atom stereocenters. The smallest absolute Gasteiger partial charge is 0.0967 e. The molecular formula is C40H40N6. The average molecular weight is 605 g/mol. The third-order valence-electron chi connectivity index (χ3n) is 8.86. The SMILES string of the molecule is Cc1cccc(C(CCCCC(c2ccccn2)(c2cccc(C)n2)c2cccc(C)n2)(c2ccccn2)c2cccc(C)n2)n1. The second-order valence-electron chi connectivity index (χ2n) is 12.1. The van der Waals surface area contributed by atoms with Crippen LogP contribution in [0, 0.1) is 27.7 Å². The lowest BCUT2D eigenvalue weighted by molar-refractivity contribution is 0.434. The Kier molecular flexibility index (Phi) is 9.06. The molecule has 0 aliphatic heterocycles. The number of rotatable bonds is 11. The van der Waals surface area contributed by atoms with E-state index in [1.54, 1.807) is 0 Å². The Morgan fingerprint density at radius 3 is 0.935 bits per heavy atom. The Morgan fingerprint density at radius 2 is 0.674 bits per heavy atom. The summed E-state index contributed by atoms with van der Waals surface area (Å²) in [4.78, 5) is 30.3. The van der Waals surface area contributed by atoms with Crippen molar-refractivity contribution in [3.63, 3.8) is 0 Å². The summed E-state index contributed by atoms with van der Waals surface area (Å²) >= 11 is 0. The molecule has 0 aromatic carbocycles. The molecule has 0 fully saturated rings. The number of nitrogens with zero attached hydrogens (tertiary/aromatic N) is 6. The van der Waals surface area contributed by atoms with E-state index in [2.05, 4.69) is 72.8 Å². The molecule has 0 bridgehead atoms. The third-order valence-corrected chi connectivity index (χ3v) is 8.86. The molecule has 0 aliphatic rings. The van der Waals surface area contributed by atoms with Gasteiger partial charge < -0.3 is 0 Å². The van der Waals surface area contributed by atoms with E-state index in [0.29, 0.717) is 0 Å². The second kappa shape index (κ2) is 13.5. The van der Waals surface area contributed by atoms with Crippen LogP contribution in [0.25, 0.3) is 0 Å². The van der Waals surface area contributed by atoms with E-state index in [9.17, 15) is 0 Å². The Labute approximate surface area is 272 Å². The Bertz CT molecular complexity index is 1670. The van der Waals surface area contributed by atoms with Crippen LogP contribution >= 0.6 is 0 Å². The highest BCUT2D eigenvalue weighted by molar-refractivity contribution is 5.45. The van der Waals surface area contributed by atoms with Crippen molar-refractivity contribution in [1.82, 2.24) is 29.9 Å². The minimum atomic E-state index is -0.629. The van der Waals surface area contributed by atoms with Gasteiger partial charge in [-0.3, -0.25) is 29.9 Å². The van der Waals surface area contributed by atoms with Gasteiger partial charge in [0.15, 0.2) is 0 Å². The van der Waals surface area contributed by atoms with Crippen LogP contribution in [0.15, 0.2) is 122 Å². The van der Waals surface area contributed by atoms with Crippen molar-refractivity contribution < 1.29 is 0 Å². The number of hydrogen-bond donors (Lipinski definition) is 0. The molecule has 6 heterocycles. The van der Waals surface area contributed by atoms with Crippen LogP contribution < -0.4 is 0 Å². The first kappa shape index (κ1) is 30.9. The van der Waals surface area contributed by atoms with Gasteiger partial charge in [0.2, 0.25) is 0 Å². The van der Waals surface area contributed by atoms with Gasteiger partial charge in [-0.2, -0.15) is 0 Å². The van der Waals surface area contributed by atoms with Gasteiger partial charge in [-0.15, -0.1) is 0 Å². The van der Waals surface area contributed by atoms with E-state index in [0.717, 1.165) is 82.6 Å². The molecule has 0 amide bonds. The van der Waals surface area contributed by atoms with Gasteiger partial charge in [-0.1, -0.05) is 49.2 Å². The molecule has 46 heavy (non-hydrogen) atoms. The van der Waals surface area contributed by atoms with Gasteiger partial charge in [0.25, 0.3) is 0 Å². The van der Waals surface area contributed by atoms with Crippen LogP contribution in [0.4, 0.5) is 0 Å². The van der Waals surface area contributed by atoms with Crippen molar-refractivity contribution in [3.8, 4) is 0 Å². The van der Waals surface area contributed by atoms with E-state index in [1.165, 1.54) is 0 Å².